The first-order valence-corrected chi connectivity index (χ1v) is 7.33. The zero-order valence-electron chi connectivity index (χ0n) is 12.4. The lowest BCUT2D eigenvalue weighted by atomic mass is 10.1. The molecule has 3 rings (SSSR count). The Hall–Kier alpha value is -3.08. The van der Waals surface area contributed by atoms with Crippen LogP contribution in [0.15, 0.2) is 65.3 Å². The molecule has 0 saturated carbocycles. The third-order valence-electron chi connectivity index (χ3n) is 3.42. The van der Waals surface area contributed by atoms with Gasteiger partial charge in [0.2, 0.25) is 5.91 Å². The molecule has 0 aliphatic heterocycles. The molecule has 0 radical (unpaired) electrons. The van der Waals surface area contributed by atoms with Gasteiger partial charge in [0, 0.05) is 18.7 Å². The number of hydrogen-bond acceptors (Lipinski definition) is 3. The lowest BCUT2D eigenvalue weighted by molar-refractivity contribution is -0.116. The van der Waals surface area contributed by atoms with Gasteiger partial charge in [-0.3, -0.25) is 9.59 Å². The van der Waals surface area contributed by atoms with E-state index in [4.69, 9.17) is 4.42 Å². The molecule has 0 unspecified atom stereocenters. The van der Waals surface area contributed by atoms with E-state index in [-0.39, 0.29) is 30.5 Å². The number of furan rings is 1. The summed E-state index contributed by atoms with van der Waals surface area (Å²) in [7, 11) is 0. The highest BCUT2D eigenvalue weighted by molar-refractivity contribution is 5.95. The van der Waals surface area contributed by atoms with Crippen LogP contribution in [0.2, 0.25) is 0 Å². The first-order valence-electron chi connectivity index (χ1n) is 7.33. The van der Waals surface area contributed by atoms with Crippen molar-refractivity contribution in [3.63, 3.8) is 0 Å². The molecule has 1 aromatic heterocycles. The van der Waals surface area contributed by atoms with Crippen molar-refractivity contribution < 1.29 is 14.0 Å². The average molecular weight is 308 g/mol. The Labute approximate surface area is 133 Å². The van der Waals surface area contributed by atoms with Crippen molar-refractivity contribution >= 4 is 28.3 Å². The number of rotatable bonds is 5. The summed E-state index contributed by atoms with van der Waals surface area (Å²) in [5, 5.41) is 7.65. The van der Waals surface area contributed by atoms with Crippen LogP contribution >= 0.6 is 0 Å². The zero-order valence-corrected chi connectivity index (χ0v) is 12.4. The summed E-state index contributed by atoms with van der Waals surface area (Å²) in [4.78, 5) is 23.6. The van der Waals surface area contributed by atoms with Crippen molar-refractivity contribution in [2.75, 3.05) is 11.9 Å². The lowest BCUT2D eigenvalue weighted by Crippen LogP contribution is -2.27. The minimum absolute atomic E-state index is 0.153. The van der Waals surface area contributed by atoms with Crippen LogP contribution in [-0.2, 0) is 4.79 Å². The second-order valence-corrected chi connectivity index (χ2v) is 5.09. The van der Waals surface area contributed by atoms with Crippen LogP contribution in [0.5, 0.6) is 0 Å². The van der Waals surface area contributed by atoms with Gasteiger partial charge in [0.15, 0.2) is 5.76 Å². The van der Waals surface area contributed by atoms with E-state index in [9.17, 15) is 9.59 Å². The summed E-state index contributed by atoms with van der Waals surface area (Å²) in [6.07, 6.45) is 1.63. The van der Waals surface area contributed by atoms with E-state index in [1.807, 2.05) is 42.5 Å². The molecular formula is C18H16N2O3. The first kappa shape index (κ1) is 14.8. The molecule has 116 valence electrons. The largest absolute Gasteiger partial charge is 0.459 e. The Morgan fingerprint density at radius 3 is 2.57 bits per heavy atom. The van der Waals surface area contributed by atoms with Gasteiger partial charge in [0.1, 0.15) is 0 Å². The van der Waals surface area contributed by atoms with Crippen LogP contribution in [0.4, 0.5) is 5.69 Å². The topological polar surface area (TPSA) is 71.3 Å². The fourth-order valence-corrected chi connectivity index (χ4v) is 2.27. The lowest BCUT2D eigenvalue weighted by Gasteiger charge is -2.07. The molecule has 1 heterocycles. The van der Waals surface area contributed by atoms with Crippen molar-refractivity contribution in [1.82, 2.24) is 5.32 Å². The number of fused-ring (bicyclic) bond motifs is 1. The molecule has 0 fully saturated rings. The number of carbonyl (C=O) groups excluding carboxylic acids is 2. The third kappa shape index (κ3) is 3.77. The fourth-order valence-electron chi connectivity index (χ4n) is 2.27. The Bertz CT molecular complexity index is 825. The standard InChI is InChI=1S/C18H16N2O3/c21-17(9-10-19-18(22)16-6-3-11-23-16)20-15-8-7-13-4-1-2-5-14(13)12-15/h1-8,11-12H,9-10H2,(H,19,22)(H,20,21). The van der Waals surface area contributed by atoms with Crippen LogP contribution in [-0.4, -0.2) is 18.4 Å². The van der Waals surface area contributed by atoms with Crippen LogP contribution in [0.3, 0.4) is 0 Å². The maximum Gasteiger partial charge on any atom is 0.286 e. The second-order valence-electron chi connectivity index (χ2n) is 5.09. The number of amides is 2. The fraction of sp³-hybridized carbons (Fsp3) is 0.111. The predicted octanol–water partition coefficient (Wildman–Crippen LogP) is 3.19. The number of hydrogen-bond donors (Lipinski definition) is 2. The second kappa shape index (κ2) is 6.79. The molecule has 0 saturated heterocycles. The number of nitrogens with one attached hydrogen (secondary N) is 2. The first-order chi connectivity index (χ1) is 11.2. The molecule has 5 nitrogen and oxygen atoms in total. The third-order valence-corrected chi connectivity index (χ3v) is 3.42. The van der Waals surface area contributed by atoms with Crippen molar-refractivity contribution in [2.45, 2.75) is 6.42 Å². The SMILES string of the molecule is O=C(CCNC(=O)c1ccco1)Nc1ccc2ccccc2c1. The summed E-state index contributed by atoms with van der Waals surface area (Å²) in [6, 6.07) is 16.9. The Morgan fingerprint density at radius 2 is 1.78 bits per heavy atom. The summed E-state index contributed by atoms with van der Waals surface area (Å²) >= 11 is 0. The van der Waals surface area contributed by atoms with E-state index in [1.54, 1.807) is 12.1 Å². The summed E-state index contributed by atoms with van der Waals surface area (Å²) in [5.74, 6) is -0.242. The van der Waals surface area contributed by atoms with Gasteiger partial charge in [-0.15, -0.1) is 0 Å². The normalized spacial score (nSPS) is 10.4. The Kier molecular flexibility index (Phi) is 4.38. The number of carbonyl (C=O) groups is 2. The van der Waals surface area contributed by atoms with Crippen LogP contribution < -0.4 is 10.6 Å². The van der Waals surface area contributed by atoms with E-state index >= 15 is 0 Å². The smallest absolute Gasteiger partial charge is 0.286 e. The zero-order chi connectivity index (χ0) is 16.1. The van der Waals surface area contributed by atoms with E-state index in [0.29, 0.717) is 0 Å². The maximum absolute atomic E-state index is 11.9. The van der Waals surface area contributed by atoms with E-state index in [2.05, 4.69) is 10.6 Å². The highest BCUT2D eigenvalue weighted by Gasteiger charge is 2.09. The van der Waals surface area contributed by atoms with E-state index < -0.39 is 0 Å². The van der Waals surface area contributed by atoms with Crippen LogP contribution in [0.1, 0.15) is 17.0 Å². The molecule has 0 bridgehead atoms. The van der Waals surface area contributed by atoms with E-state index in [0.717, 1.165) is 16.5 Å². The highest BCUT2D eigenvalue weighted by Crippen LogP contribution is 2.18. The molecule has 0 spiro atoms. The van der Waals surface area contributed by atoms with Crippen LogP contribution in [0.25, 0.3) is 10.8 Å². The summed E-state index contributed by atoms with van der Waals surface area (Å²) < 4.78 is 4.98. The Morgan fingerprint density at radius 1 is 0.957 bits per heavy atom. The summed E-state index contributed by atoms with van der Waals surface area (Å²) in [6.45, 7) is 0.249. The van der Waals surface area contributed by atoms with Crippen molar-refractivity contribution in [2.24, 2.45) is 0 Å². The predicted molar refractivity (Wildman–Crippen MR) is 88.2 cm³/mol. The van der Waals surface area contributed by atoms with Gasteiger partial charge < -0.3 is 15.1 Å². The highest BCUT2D eigenvalue weighted by atomic mass is 16.3. The van der Waals surface area contributed by atoms with Crippen molar-refractivity contribution in [3.05, 3.63) is 66.6 Å². The molecule has 0 atom stereocenters. The van der Waals surface area contributed by atoms with Gasteiger partial charge >= 0.3 is 0 Å². The number of benzene rings is 2. The van der Waals surface area contributed by atoms with Crippen molar-refractivity contribution in [3.8, 4) is 0 Å². The van der Waals surface area contributed by atoms with Crippen LogP contribution in [0, 0.1) is 0 Å². The Balaban J connectivity index is 1.51. The molecule has 23 heavy (non-hydrogen) atoms. The minimum atomic E-state index is -0.325. The molecule has 2 amide bonds. The molecule has 3 aromatic rings. The van der Waals surface area contributed by atoms with Gasteiger partial charge in [-0.2, -0.15) is 0 Å². The molecule has 2 N–H and O–H groups in total. The molecule has 2 aromatic carbocycles. The molecule has 5 heteroatoms. The van der Waals surface area contributed by atoms with Crippen molar-refractivity contribution in [1.29, 1.82) is 0 Å². The molecule has 0 aliphatic carbocycles. The van der Waals surface area contributed by atoms with Gasteiger partial charge in [0.25, 0.3) is 5.91 Å². The monoisotopic (exact) mass is 308 g/mol. The average Bonchev–Trinajstić information content (AvgIpc) is 3.09. The quantitative estimate of drug-likeness (QED) is 0.760. The van der Waals surface area contributed by atoms with Gasteiger partial charge in [0.05, 0.1) is 6.26 Å². The maximum atomic E-state index is 11.9. The minimum Gasteiger partial charge on any atom is -0.459 e. The molecular weight excluding hydrogens is 292 g/mol. The molecule has 0 aliphatic rings. The summed E-state index contributed by atoms with van der Waals surface area (Å²) in [5.41, 5.74) is 0.742. The van der Waals surface area contributed by atoms with Gasteiger partial charge in [-0.05, 0) is 35.0 Å². The van der Waals surface area contributed by atoms with Gasteiger partial charge in [-0.25, -0.2) is 0 Å². The van der Waals surface area contributed by atoms with Gasteiger partial charge in [-0.1, -0.05) is 30.3 Å². The van der Waals surface area contributed by atoms with E-state index in [1.165, 1.54) is 6.26 Å². The number of anilines is 1.